The molecule has 1 saturated heterocycles. The molecule has 14 heteroatoms. The minimum atomic E-state index is -3.83. The van der Waals surface area contributed by atoms with Crippen molar-refractivity contribution in [2.24, 2.45) is 0 Å². The summed E-state index contributed by atoms with van der Waals surface area (Å²) in [6.07, 6.45) is 1.05. The van der Waals surface area contributed by atoms with Gasteiger partial charge >= 0.3 is 0 Å². The number of alkyl halides is 1. The maximum Gasteiger partial charge on any atom is 0.255 e. The quantitative estimate of drug-likeness (QED) is 0.188. The zero-order valence-corrected chi connectivity index (χ0v) is 29.7. The van der Waals surface area contributed by atoms with Crippen molar-refractivity contribution in [3.63, 3.8) is 0 Å². The predicted octanol–water partition coefficient (Wildman–Crippen LogP) is 7.00. The molecule has 1 fully saturated rings. The molecule has 0 aliphatic carbocycles. The summed E-state index contributed by atoms with van der Waals surface area (Å²) in [5, 5.41) is 3.27. The van der Waals surface area contributed by atoms with Gasteiger partial charge in [-0.15, -0.1) is 0 Å². The Morgan fingerprint density at radius 1 is 0.981 bits per heavy atom. The van der Waals surface area contributed by atoms with Crippen molar-refractivity contribution in [1.29, 1.82) is 0 Å². The number of aromatic nitrogens is 3. The minimum Gasteiger partial charge on any atom is -0.455 e. The van der Waals surface area contributed by atoms with Gasteiger partial charge in [0.25, 0.3) is 5.91 Å². The fourth-order valence-electron chi connectivity index (χ4n) is 7.14. The lowest BCUT2D eigenvalue weighted by Crippen LogP contribution is -2.56. The number of nitrogens with zero attached hydrogens (tertiary/aromatic N) is 5. The van der Waals surface area contributed by atoms with E-state index in [0.717, 1.165) is 10.6 Å². The number of halogens is 3. The molecule has 1 amide bonds. The fourth-order valence-corrected chi connectivity index (χ4v) is 7.65. The molecule has 0 atom stereocenters. The third-order valence-corrected chi connectivity index (χ3v) is 10.8. The first-order valence-corrected chi connectivity index (χ1v) is 18.3. The summed E-state index contributed by atoms with van der Waals surface area (Å²) in [4.78, 5) is 25.2. The molecule has 8 rings (SSSR count). The molecule has 52 heavy (non-hydrogen) atoms. The van der Waals surface area contributed by atoms with Crippen LogP contribution in [0.5, 0.6) is 0 Å². The van der Waals surface area contributed by atoms with Gasteiger partial charge in [-0.25, -0.2) is 31.6 Å². The minimum absolute atomic E-state index is 0.0148. The van der Waals surface area contributed by atoms with E-state index in [9.17, 15) is 17.6 Å². The molecule has 7 aromatic rings. The van der Waals surface area contributed by atoms with Crippen LogP contribution in [-0.4, -0.2) is 72.7 Å². The van der Waals surface area contributed by atoms with E-state index in [1.54, 1.807) is 56.3 Å². The van der Waals surface area contributed by atoms with E-state index in [0.29, 0.717) is 62.0 Å². The van der Waals surface area contributed by atoms with Gasteiger partial charge < -0.3 is 9.73 Å². The highest BCUT2D eigenvalue weighted by Crippen LogP contribution is 2.42. The third-order valence-electron chi connectivity index (χ3n) is 9.63. The Kier molecular flexibility index (Phi) is 7.63. The smallest absolute Gasteiger partial charge is 0.255 e. The topological polar surface area (TPSA) is 113 Å². The number of carbonyl (C=O) groups excluding carboxylic acids is 1. The number of carbonyl (C=O) groups is 1. The predicted molar refractivity (Wildman–Crippen MR) is 195 cm³/mol. The number of sulfonamides is 1. The first-order chi connectivity index (χ1) is 24.6. The highest BCUT2D eigenvalue weighted by molar-refractivity contribution is 7.92. The van der Waals surface area contributed by atoms with Gasteiger partial charge in [-0.05, 0) is 67.9 Å². The maximum atomic E-state index is 15.3. The van der Waals surface area contributed by atoms with Crippen molar-refractivity contribution in [3.05, 3.63) is 95.3 Å². The molecule has 4 aromatic heterocycles. The van der Waals surface area contributed by atoms with Gasteiger partial charge in [0.2, 0.25) is 10.0 Å². The Labute approximate surface area is 296 Å². The summed E-state index contributed by atoms with van der Waals surface area (Å²) >= 11 is 0. The molecule has 0 spiro atoms. The zero-order chi connectivity index (χ0) is 36.9. The molecule has 1 aliphatic heterocycles. The third kappa shape index (κ3) is 5.44. The summed E-state index contributed by atoms with van der Waals surface area (Å²) in [6, 6.07) is 17.5. The standard InChI is InChI=1S/C38H33F3N6O4S/c1-20-9-10-21(26(40)13-20)36-34(37(48)42-3)24-14-23(30(16-32(24)51-36)45(4)52(5,49)50)27-11-12-28-35(44-27)31-15-22-25(39)7-6-8-29(22)47(31)33(43-28)17-46-18-38(2,41)19-46/h6-16H,17-19H2,1-5H3,(H,42,48). The van der Waals surface area contributed by atoms with Crippen molar-refractivity contribution in [3.8, 4) is 22.6 Å². The van der Waals surface area contributed by atoms with E-state index in [1.165, 1.54) is 38.4 Å². The van der Waals surface area contributed by atoms with Crippen LogP contribution >= 0.6 is 0 Å². The number of likely N-dealkylation sites (tertiary alicyclic amines) is 1. The lowest BCUT2D eigenvalue weighted by atomic mass is 9.99. The van der Waals surface area contributed by atoms with E-state index in [4.69, 9.17) is 14.4 Å². The van der Waals surface area contributed by atoms with Crippen molar-refractivity contribution in [1.82, 2.24) is 24.6 Å². The number of aryl methyl sites for hydroxylation is 1. The summed E-state index contributed by atoms with van der Waals surface area (Å²) in [7, 11) is -0.996. The van der Waals surface area contributed by atoms with Gasteiger partial charge in [0.05, 0.1) is 51.9 Å². The van der Waals surface area contributed by atoms with Crippen LogP contribution < -0.4 is 9.62 Å². The van der Waals surface area contributed by atoms with E-state index in [2.05, 4.69) is 5.32 Å². The molecule has 10 nitrogen and oxygen atoms in total. The Morgan fingerprint density at radius 3 is 2.44 bits per heavy atom. The number of fused-ring (bicyclic) bond motifs is 6. The zero-order valence-electron chi connectivity index (χ0n) is 28.9. The number of rotatable bonds is 7. The average Bonchev–Trinajstić information content (AvgIpc) is 3.65. The molecular weight excluding hydrogens is 694 g/mol. The first-order valence-electron chi connectivity index (χ1n) is 16.5. The van der Waals surface area contributed by atoms with Gasteiger partial charge in [0, 0.05) is 49.6 Å². The van der Waals surface area contributed by atoms with Crippen LogP contribution in [0.3, 0.4) is 0 Å². The van der Waals surface area contributed by atoms with Gasteiger partial charge in [0.1, 0.15) is 34.2 Å². The van der Waals surface area contributed by atoms with Crippen molar-refractivity contribution in [2.45, 2.75) is 26.1 Å². The SMILES string of the molecule is CNC(=O)c1c(-c2ccc(C)cc2F)oc2cc(N(C)S(C)(=O)=O)c(-c3ccc4nc(CN5CC(C)(F)C5)n5c6cccc(F)c6cc5c4n3)cc12. The monoisotopic (exact) mass is 726 g/mol. The fraction of sp³-hybridized carbons (Fsp3) is 0.237. The van der Waals surface area contributed by atoms with Crippen LogP contribution in [0.2, 0.25) is 0 Å². The van der Waals surface area contributed by atoms with E-state index < -0.39 is 33.2 Å². The van der Waals surface area contributed by atoms with E-state index in [1.807, 2.05) is 9.30 Å². The number of pyridine rings is 1. The Hall–Kier alpha value is -5.47. The van der Waals surface area contributed by atoms with Crippen molar-refractivity contribution < 1.29 is 30.8 Å². The second kappa shape index (κ2) is 11.8. The first kappa shape index (κ1) is 33.7. The largest absolute Gasteiger partial charge is 0.455 e. The maximum absolute atomic E-state index is 15.3. The molecule has 5 heterocycles. The molecule has 0 radical (unpaired) electrons. The Balaban J connectivity index is 1.39. The Morgan fingerprint density at radius 2 is 1.75 bits per heavy atom. The molecule has 0 unspecified atom stereocenters. The molecule has 3 aromatic carbocycles. The van der Waals surface area contributed by atoms with Crippen molar-refractivity contribution in [2.75, 3.05) is 37.7 Å². The normalized spacial score (nSPS) is 14.8. The average molecular weight is 727 g/mol. The van der Waals surface area contributed by atoms with Crippen LogP contribution in [0.25, 0.3) is 61.0 Å². The summed E-state index contributed by atoms with van der Waals surface area (Å²) in [5.74, 6) is -0.989. The molecule has 266 valence electrons. The van der Waals surface area contributed by atoms with Crippen LogP contribution in [0.1, 0.15) is 28.7 Å². The molecular formula is C38H33F3N6O4S. The van der Waals surface area contributed by atoms with Gasteiger partial charge in [-0.2, -0.15) is 0 Å². The van der Waals surface area contributed by atoms with E-state index in [-0.39, 0.29) is 41.2 Å². The second-order valence-corrected chi connectivity index (χ2v) is 15.7. The Bertz CT molecular complexity index is 2750. The second-order valence-electron chi connectivity index (χ2n) is 13.7. The number of nitrogens with one attached hydrogen (secondary N) is 1. The number of hydrogen-bond acceptors (Lipinski definition) is 7. The number of anilines is 1. The number of amides is 1. The summed E-state index contributed by atoms with van der Waals surface area (Å²) in [6.45, 7) is 4.09. The van der Waals surface area contributed by atoms with Gasteiger partial charge in [-0.3, -0.25) is 18.4 Å². The molecule has 0 saturated carbocycles. The highest BCUT2D eigenvalue weighted by Gasteiger charge is 2.39. The lowest BCUT2D eigenvalue weighted by Gasteiger charge is -2.42. The number of benzene rings is 3. The molecule has 1 aliphatic rings. The van der Waals surface area contributed by atoms with E-state index >= 15 is 8.78 Å². The van der Waals surface area contributed by atoms with Gasteiger partial charge in [0.15, 0.2) is 5.76 Å². The highest BCUT2D eigenvalue weighted by atomic mass is 32.2. The van der Waals surface area contributed by atoms with Crippen molar-refractivity contribution >= 4 is 60.0 Å². The molecule has 0 bridgehead atoms. The number of furan rings is 1. The van der Waals surface area contributed by atoms with Crippen LogP contribution in [-0.2, 0) is 16.6 Å². The summed E-state index contributed by atoms with van der Waals surface area (Å²) < 4.78 is 79.9. The van der Waals surface area contributed by atoms with Crippen LogP contribution in [0, 0.1) is 18.6 Å². The van der Waals surface area contributed by atoms with Crippen LogP contribution in [0.15, 0.2) is 71.1 Å². The lowest BCUT2D eigenvalue weighted by molar-refractivity contribution is -0.0240. The van der Waals surface area contributed by atoms with Crippen LogP contribution in [0.4, 0.5) is 18.9 Å². The summed E-state index contributed by atoms with van der Waals surface area (Å²) in [5.41, 5.74) is 2.53. The van der Waals surface area contributed by atoms with Gasteiger partial charge in [-0.1, -0.05) is 12.1 Å². The number of hydrogen-bond donors (Lipinski definition) is 1. The molecule has 1 N–H and O–H groups in total.